The summed E-state index contributed by atoms with van der Waals surface area (Å²) in [5, 5.41) is 4.04. The van der Waals surface area contributed by atoms with Gasteiger partial charge in [0, 0.05) is 27.9 Å². The van der Waals surface area contributed by atoms with Crippen LogP contribution in [-0.2, 0) is 0 Å². The maximum absolute atomic E-state index is 6.32. The van der Waals surface area contributed by atoms with Crippen LogP contribution >= 0.6 is 0 Å². The fourth-order valence-corrected chi connectivity index (χ4v) is 3.18. The highest BCUT2D eigenvalue weighted by Crippen LogP contribution is 2.40. The highest BCUT2D eigenvalue weighted by atomic mass is 14.7. The van der Waals surface area contributed by atoms with Gasteiger partial charge in [0.1, 0.15) is 0 Å². The number of benzene rings is 4. The van der Waals surface area contributed by atoms with Gasteiger partial charge in [-0.2, -0.15) is 0 Å². The first-order valence-corrected chi connectivity index (χ1v) is 7.70. The van der Waals surface area contributed by atoms with Gasteiger partial charge in [-0.15, -0.1) is 0 Å². The topological polar surface area (TPSA) is 104 Å². The third-order valence-corrected chi connectivity index (χ3v) is 4.45. The Hall–Kier alpha value is -3.40. The molecule has 4 aromatic carbocycles. The lowest BCUT2D eigenvalue weighted by molar-refractivity contribution is 1.64. The molecule has 4 heteroatoms. The second-order valence-electron chi connectivity index (χ2n) is 6.02. The van der Waals surface area contributed by atoms with Gasteiger partial charge in [0.05, 0.1) is 11.4 Å². The van der Waals surface area contributed by atoms with E-state index in [2.05, 4.69) is 0 Å². The number of hydrogen-bond donors (Lipinski definition) is 4. The quantitative estimate of drug-likeness (QED) is 0.399. The average Bonchev–Trinajstić information content (AvgIpc) is 2.58. The van der Waals surface area contributed by atoms with E-state index < -0.39 is 0 Å². The first-order chi connectivity index (χ1) is 11.5. The van der Waals surface area contributed by atoms with Crippen molar-refractivity contribution >= 4 is 44.3 Å². The monoisotopic (exact) mass is 314 g/mol. The Morgan fingerprint density at radius 2 is 1.29 bits per heavy atom. The Morgan fingerprint density at radius 1 is 0.542 bits per heavy atom. The molecule has 4 aromatic rings. The first kappa shape index (κ1) is 14.2. The highest BCUT2D eigenvalue weighted by Gasteiger charge is 2.13. The lowest BCUT2D eigenvalue weighted by Gasteiger charge is -2.15. The van der Waals surface area contributed by atoms with E-state index in [0.717, 1.165) is 32.7 Å². The molecule has 0 spiro atoms. The Morgan fingerprint density at radius 3 is 2.12 bits per heavy atom. The maximum atomic E-state index is 6.32. The molecule has 0 heterocycles. The predicted octanol–water partition coefficient (Wildman–Crippen LogP) is 3.99. The van der Waals surface area contributed by atoms with Crippen LogP contribution in [0.1, 0.15) is 0 Å². The molecule has 0 aliphatic carbocycles. The van der Waals surface area contributed by atoms with E-state index in [1.54, 1.807) is 0 Å². The SMILES string of the molecule is Nc1ccc2cc(N)c(-c3cc4ccccc4c(N)c3N)cc2c1. The summed E-state index contributed by atoms with van der Waals surface area (Å²) in [6.45, 7) is 0. The van der Waals surface area contributed by atoms with Crippen molar-refractivity contribution in [1.29, 1.82) is 0 Å². The van der Waals surface area contributed by atoms with Crippen molar-refractivity contribution in [3.05, 3.63) is 60.7 Å². The predicted molar refractivity (Wildman–Crippen MR) is 105 cm³/mol. The second kappa shape index (κ2) is 5.06. The zero-order chi connectivity index (χ0) is 16.8. The van der Waals surface area contributed by atoms with Gasteiger partial charge in [0.2, 0.25) is 0 Å². The Balaban J connectivity index is 2.05. The minimum atomic E-state index is 0.545. The van der Waals surface area contributed by atoms with E-state index in [1.807, 2.05) is 60.7 Å². The lowest BCUT2D eigenvalue weighted by atomic mass is 9.94. The molecular formula is C20H18N4. The van der Waals surface area contributed by atoms with Crippen molar-refractivity contribution in [2.24, 2.45) is 0 Å². The molecule has 4 rings (SSSR count). The molecule has 0 bridgehead atoms. The fourth-order valence-electron chi connectivity index (χ4n) is 3.18. The molecular weight excluding hydrogens is 296 g/mol. The number of nitrogens with two attached hydrogens (primary N) is 4. The maximum Gasteiger partial charge on any atom is 0.0634 e. The largest absolute Gasteiger partial charge is 0.399 e. The summed E-state index contributed by atoms with van der Waals surface area (Å²) in [6, 6.07) is 19.7. The van der Waals surface area contributed by atoms with Crippen LogP contribution in [0, 0.1) is 0 Å². The van der Waals surface area contributed by atoms with Gasteiger partial charge in [0.15, 0.2) is 0 Å². The summed E-state index contributed by atoms with van der Waals surface area (Å²) in [7, 11) is 0. The van der Waals surface area contributed by atoms with Crippen molar-refractivity contribution < 1.29 is 0 Å². The molecule has 24 heavy (non-hydrogen) atoms. The van der Waals surface area contributed by atoms with E-state index in [0.29, 0.717) is 22.7 Å². The van der Waals surface area contributed by atoms with Crippen LogP contribution in [0.4, 0.5) is 22.7 Å². The van der Waals surface area contributed by atoms with Gasteiger partial charge in [-0.1, -0.05) is 30.3 Å². The standard InChI is InChI=1S/C20H18N4/c21-14-6-5-11-10-18(22)16(9-13(11)7-14)17-8-12-3-1-2-4-15(12)19(23)20(17)24/h1-10H,21-24H2. The van der Waals surface area contributed by atoms with Crippen LogP contribution in [0.3, 0.4) is 0 Å². The molecule has 0 aliphatic rings. The highest BCUT2D eigenvalue weighted by molar-refractivity contribution is 6.07. The fraction of sp³-hybridized carbons (Fsp3) is 0. The average molecular weight is 314 g/mol. The summed E-state index contributed by atoms with van der Waals surface area (Å²) >= 11 is 0. The summed E-state index contributed by atoms with van der Waals surface area (Å²) in [6.07, 6.45) is 0. The van der Waals surface area contributed by atoms with Gasteiger partial charge in [-0.25, -0.2) is 0 Å². The van der Waals surface area contributed by atoms with E-state index in [9.17, 15) is 0 Å². The molecule has 0 aromatic heterocycles. The first-order valence-electron chi connectivity index (χ1n) is 7.70. The molecule has 0 fully saturated rings. The van der Waals surface area contributed by atoms with Crippen LogP contribution in [0.5, 0.6) is 0 Å². The Kier molecular flexibility index (Phi) is 3.00. The Labute approximate surface area is 139 Å². The zero-order valence-electron chi connectivity index (χ0n) is 13.1. The number of nitrogen functional groups attached to an aromatic ring is 4. The summed E-state index contributed by atoms with van der Waals surface area (Å²) in [5.41, 5.74) is 29.0. The van der Waals surface area contributed by atoms with Gasteiger partial charge in [0.25, 0.3) is 0 Å². The molecule has 0 unspecified atom stereocenters. The van der Waals surface area contributed by atoms with E-state index >= 15 is 0 Å². The molecule has 4 nitrogen and oxygen atoms in total. The number of hydrogen-bond acceptors (Lipinski definition) is 4. The molecule has 0 amide bonds. The summed E-state index contributed by atoms with van der Waals surface area (Å²) in [4.78, 5) is 0. The Bertz CT molecular complexity index is 1100. The molecule has 0 saturated carbocycles. The smallest absolute Gasteiger partial charge is 0.0634 e. The molecule has 0 atom stereocenters. The van der Waals surface area contributed by atoms with Gasteiger partial charge in [-0.3, -0.25) is 0 Å². The number of rotatable bonds is 1. The van der Waals surface area contributed by atoms with Crippen LogP contribution in [0.25, 0.3) is 32.7 Å². The van der Waals surface area contributed by atoms with Gasteiger partial charge in [-0.05, 0) is 46.5 Å². The molecule has 0 saturated heterocycles. The molecule has 118 valence electrons. The minimum absolute atomic E-state index is 0.545. The summed E-state index contributed by atoms with van der Waals surface area (Å²) < 4.78 is 0. The zero-order valence-corrected chi connectivity index (χ0v) is 13.1. The van der Waals surface area contributed by atoms with E-state index in [1.165, 1.54) is 0 Å². The minimum Gasteiger partial charge on any atom is -0.399 e. The molecule has 0 aliphatic heterocycles. The van der Waals surface area contributed by atoms with Crippen LogP contribution in [0.2, 0.25) is 0 Å². The van der Waals surface area contributed by atoms with Crippen molar-refractivity contribution in [1.82, 2.24) is 0 Å². The van der Waals surface area contributed by atoms with Gasteiger partial charge < -0.3 is 22.9 Å². The third kappa shape index (κ3) is 2.08. The van der Waals surface area contributed by atoms with E-state index in [-0.39, 0.29) is 0 Å². The number of anilines is 4. The third-order valence-electron chi connectivity index (χ3n) is 4.45. The van der Waals surface area contributed by atoms with Crippen molar-refractivity contribution in [3.8, 4) is 11.1 Å². The van der Waals surface area contributed by atoms with Crippen molar-refractivity contribution in [2.45, 2.75) is 0 Å². The van der Waals surface area contributed by atoms with Crippen LogP contribution < -0.4 is 22.9 Å². The molecule has 0 radical (unpaired) electrons. The molecule has 8 N–H and O–H groups in total. The second-order valence-corrected chi connectivity index (χ2v) is 6.02. The lowest BCUT2D eigenvalue weighted by Crippen LogP contribution is -2.00. The number of fused-ring (bicyclic) bond motifs is 2. The van der Waals surface area contributed by atoms with Crippen LogP contribution in [-0.4, -0.2) is 0 Å². The van der Waals surface area contributed by atoms with Crippen LogP contribution in [0.15, 0.2) is 60.7 Å². The van der Waals surface area contributed by atoms with Crippen molar-refractivity contribution in [3.63, 3.8) is 0 Å². The van der Waals surface area contributed by atoms with Crippen molar-refractivity contribution in [2.75, 3.05) is 22.9 Å². The normalized spacial score (nSPS) is 11.2. The summed E-state index contributed by atoms with van der Waals surface area (Å²) in [5.74, 6) is 0. The van der Waals surface area contributed by atoms with E-state index in [4.69, 9.17) is 22.9 Å². The van der Waals surface area contributed by atoms with Gasteiger partial charge >= 0.3 is 0 Å².